The molecule has 0 amide bonds. The summed E-state index contributed by atoms with van der Waals surface area (Å²) < 4.78 is 23.4. The molecule has 0 spiro atoms. The number of nitrogens with one attached hydrogen (secondary N) is 1. The molecule has 0 fully saturated rings. The molecule has 0 aromatic heterocycles. The van der Waals surface area contributed by atoms with Crippen LogP contribution >= 0.6 is 19.2 Å². The molecular weight excluding hydrogens is 311 g/mol. The first-order chi connectivity index (χ1) is 9.73. The average Bonchev–Trinajstić information content (AvgIpc) is 2.35. The Hall–Kier alpha value is -0.870. The molecule has 0 saturated heterocycles. The number of hydrogen-bond acceptors (Lipinski definition) is 5. The van der Waals surface area contributed by atoms with E-state index in [4.69, 9.17) is 20.6 Å². The number of aryl methyl sites for hydroxylation is 1. The summed E-state index contributed by atoms with van der Waals surface area (Å²) in [5.41, 5.74) is 4.62. The van der Waals surface area contributed by atoms with E-state index in [1.54, 1.807) is 27.7 Å². The Morgan fingerprint density at radius 1 is 1.14 bits per heavy atom. The van der Waals surface area contributed by atoms with Gasteiger partial charge < -0.3 is 9.05 Å². The minimum absolute atomic E-state index is 0.217. The van der Waals surface area contributed by atoms with Gasteiger partial charge in [0.05, 0.1) is 17.9 Å². The number of hydrogen-bond donors (Lipinski definition) is 1. The third-order valence-electron chi connectivity index (χ3n) is 2.25. The maximum Gasteiger partial charge on any atom is 0.393 e. The second-order valence-corrected chi connectivity index (χ2v) is 7.63. The van der Waals surface area contributed by atoms with Gasteiger partial charge in [-0.15, -0.1) is 0 Å². The lowest BCUT2D eigenvalue weighted by atomic mass is 10.2. The minimum atomic E-state index is -3.62. The fourth-order valence-corrected chi connectivity index (χ4v) is 3.25. The van der Waals surface area contributed by atoms with Crippen molar-refractivity contribution >= 4 is 29.8 Å². The molecule has 1 N–H and O–H groups in total. The smallest absolute Gasteiger partial charge is 0.301 e. The average molecular weight is 333 g/mol. The number of halogens is 1. The molecule has 0 heterocycles. The molecule has 5 nitrogen and oxygen atoms in total. The van der Waals surface area contributed by atoms with Crippen LogP contribution < -0.4 is 5.43 Å². The van der Waals surface area contributed by atoms with E-state index in [2.05, 4.69) is 10.5 Å². The van der Waals surface area contributed by atoms with Gasteiger partial charge >= 0.3 is 7.60 Å². The van der Waals surface area contributed by atoms with Crippen LogP contribution in [0.5, 0.6) is 0 Å². The first kappa shape index (κ1) is 18.2. The molecular formula is C14H22ClN2O3P. The highest BCUT2D eigenvalue weighted by atomic mass is 35.5. The van der Waals surface area contributed by atoms with Crippen molar-refractivity contribution in [2.45, 2.75) is 46.8 Å². The zero-order chi connectivity index (χ0) is 16.0. The fraction of sp³-hybridized carbons (Fsp3) is 0.500. The van der Waals surface area contributed by atoms with E-state index < -0.39 is 7.60 Å². The van der Waals surface area contributed by atoms with E-state index in [0.29, 0.717) is 0 Å². The van der Waals surface area contributed by atoms with Gasteiger partial charge in [-0.25, -0.2) is 0 Å². The molecule has 118 valence electrons. The fourth-order valence-electron chi connectivity index (χ4n) is 1.47. The van der Waals surface area contributed by atoms with Gasteiger partial charge in [-0.2, -0.15) is 5.10 Å². The van der Waals surface area contributed by atoms with Crippen LogP contribution in [-0.4, -0.2) is 17.1 Å². The van der Waals surface area contributed by atoms with Gasteiger partial charge in [0.1, 0.15) is 0 Å². The van der Waals surface area contributed by atoms with Crippen LogP contribution in [0.3, 0.4) is 0 Å². The topological polar surface area (TPSA) is 59.9 Å². The van der Waals surface area contributed by atoms with Crippen molar-refractivity contribution in [1.29, 1.82) is 0 Å². The van der Waals surface area contributed by atoms with Crippen molar-refractivity contribution in [2.75, 3.05) is 5.43 Å². The molecule has 0 atom stereocenters. The summed E-state index contributed by atoms with van der Waals surface area (Å²) in [4.78, 5) is -0.217. The molecule has 0 bridgehead atoms. The molecule has 0 saturated carbocycles. The predicted octanol–water partition coefficient (Wildman–Crippen LogP) is 4.96. The third kappa shape index (κ3) is 6.18. The van der Waals surface area contributed by atoms with Gasteiger partial charge in [0.2, 0.25) is 4.91 Å². The maximum absolute atomic E-state index is 12.7. The van der Waals surface area contributed by atoms with Gasteiger partial charge in [0.25, 0.3) is 0 Å². The standard InChI is InChI=1S/C14H22ClN2O3P/c1-10(2)19-21(18,20-11(3)4)14(15)17-16-13-8-6-12(5)7-9-13/h6-11,16H,1-5H3/b17-14-. The largest absolute Gasteiger partial charge is 0.393 e. The van der Waals surface area contributed by atoms with Gasteiger partial charge in [0, 0.05) is 0 Å². The highest BCUT2D eigenvalue weighted by molar-refractivity contribution is 7.77. The lowest BCUT2D eigenvalue weighted by Crippen LogP contribution is -2.12. The van der Waals surface area contributed by atoms with Crippen molar-refractivity contribution in [3.63, 3.8) is 0 Å². The summed E-state index contributed by atoms with van der Waals surface area (Å²) in [5, 5.41) is 3.92. The zero-order valence-electron chi connectivity index (χ0n) is 13.0. The van der Waals surface area contributed by atoms with Gasteiger partial charge in [-0.3, -0.25) is 9.99 Å². The van der Waals surface area contributed by atoms with Crippen molar-refractivity contribution in [3.05, 3.63) is 29.8 Å². The van der Waals surface area contributed by atoms with E-state index in [1.165, 1.54) is 0 Å². The Morgan fingerprint density at radius 2 is 1.62 bits per heavy atom. The van der Waals surface area contributed by atoms with Crippen molar-refractivity contribution < 1.29 is 13.6 Å². The summed E-state index contributed by atoms with van der Waals surface area (Å²) >= 11 is 6.03. The highest BCUT2D eigenvalue weighted by Gasteiger charge is 2.34. The monoisotopic (exact) mass is 332 g/mol. The van der Waals surface area contributed by atoms with E-state index >= 15 is 0 Å². The number of benzene rings is 1. The van der Waals surface area contributed by atoms with Crippen molar-refractivity contribution in [3.8, 4) is 0 Å². The van der Waals surface area contributed by atoms with E-state index in [-0.39, 0.29) is 17.1 Å². The van der Waals surface area contributed by atoms with Crippen LogP contribution in [0.25, 0.3) is 0 Å². The van der Waals surface area contributed by atoms with Crippen LogP contribution in [0.2, 0.25) is 0 Å². The second kappa shape index (κ2) is 7.95. The highest BCUT2D eigenvalue weighted by Crippen LogP contribution is 2.53. The van der Waals surface area contributed by atoms with Crippen molar-refractivity contribution in [1.82, 2.24) is 0 Å². The molecule has 0 aliphatic rings. The van der Waals surface area contributed by atoms with E-state index in [9.17, 15) is 4.57 Å². The molecule has 1 aromatic rings. The maximum atomic E-state index is 12.7. The number of rotatable bonds is 7. The normalized spacial score (nSPS) is 13.0. The molecule has 1 aromatic carbocycles. The molecule has 0 aliphatic carbocycles. The Morgan fingerprint density at radius 3 is 2.05 bits per heavy atom. The van der Waals surface area contributed by atoms with E-state index in [1.807, 2.05) is 31.2 Å². The Labute approximate surface area is 131 Å². The number of anilines is 1. The summed E-state index contributed by atoms with van der Waals surface area (Å²) in [6.07, 6.45) is -0.587. The summed E-state index contributed by atoms with van der Waals surface area (Å²) in [6, 6.07) is 7.56. The first-order valence-corrected chi connectivity index (χ1v) is 8.68. The molecule has 1 rings (SSSR count). The lowest BCUT2D eigenvalue weighted by Gasteiger charge is -2.21. The SMILES string of the molecule is Cc1ccc(N/N=C(/Cl)P(=O)(OC(C)C)OC(C)C)cc1. The molecule has 7 heteroatoms. The van der Waals surface area contributed by atoms with Crippen LogP contribution in [-0.2, 0) is 13.6 Å². The molecule has 0 unspecified atom stereocenters. The quantitative estimate of drug-likeness (QED) is 0.435. The van der Waals surface area contributed by atoms with Crippen molar-refractivity contribution in [2.24, 2.45) is 5.10 Å². The van der Waals surface area contributed by atoms with Crippen LogP contribution in [0.4, 0.5) is 5.69 Å². The second-order valence-electron chi connectivity index (χ2n) is 5.16. The Kier molecular flexibility index (Phi) is 6.88. The number of hydrazone groups is 1. The lowest BCUT2D eigenvalue weighted by molar-refractivity contribution is 0.152. The van der Waals surface area contributed by atoms with E-state index in [0.717, 1.165) is 11.3 Å². The Balaban J connectivity index is 2.88. The van der Waals surface area contributed by atoms with Crippen LogP contribution in [0.1, 0.15) is 33.3 Å². The van der Waals surface area contributed by atoms with Gasteiger partial charge in [-0.1, -0.05) is 29.3 Å². The van der Waals surface area contributed by atoms with Crippen LogP contribution in [0.15, 0.2) is 29.4 Å². The van der Waals surface area contributed by atoms with Gasteiger partial charge in [0.15, 0.2) is 0 Å². The minimum Gasteiger partial charge on any atom is -0.301 e. The summed E-state index contributed by atoms with van der Waals surface area (Å²) in [6.45, 7) is 9.02. The van der Waals surface area contributed by atoms with Gasteiger partial charge in [-0.05, 0) is 46.8 Å². The van der Waals surface area contributed by atoms with Crippen LogP contribution in [0, 0.1) is 6.92 Å². The summed E-state index contributed by atoms with van der Waals surface area (Å²) in [7, 11) is -3.62. The molecule has 21 heavy (non-hydrogen) atoms. The predicted molar refractivity (Wildman–Crippen MR) is 88.1 cm³/mol. The third-order valence-corrected chi connectivity index (χ3v) is 4.91. The zero-order valence-corrected chi connectivity index (χ0v) is 14.6. The molecule has 0 aliphatic heterocycles. The number of nitrogens with zero attached hydrogens (tertiary/aromatic N) is 1. The summed E-state index contributed by atoms with van der Waals surface area (Å²) in [5.74, 6) is 0. The Bertz CT molecular complexity index is 516. The first-order valence-electron chi connectivity index (χ1n) is 6.76. The molecule has 0 radical (unpaired) electrons.